The fourth-order valence-electron chi connectivity index (χ4n) is 6.48. The third-order valence-corrected chi connectivity index (χ3v) is 11.0. The second-order valence-electron chi connectivity index (χ2n) is 15.6. The zero-order chi connectivity index (χ0) is 41.8. The molecular weight excluding hydrogens is 737 g/mol. The van der Waals surface area contributed by atoms with Gasteiger partial charge in [-0.3, -0.25) is 18.6 Å². The second kappa shape index (κ2) is 43.8. The molecular formula is C47H88NO8P. The van der Waals surface area contributed by atoms with Gasteiger partial charge in [0.25, 0.3) is 0 Å². The molecule has 2 atom stereocenters. The maximum absolute atomic E-state index is 12.6. The van der Waals surface area contributed by atoms with Gasteiger partial charge in [0.1, 0.15) is 6.61 Å². The van der Waals surface area contributed by atoms with Crippen LogP contribution in [0.3, 0.4) is 0 Å². The summed E-state index contributed by atoms with van der Waals surface area (Å²) in [5.41, 5.74) is 5.35. The van der Waals surface area contributed by atoms with Crippen LogP contribution in [0.15, 0.2) is 36.5 Å². The standard InChI is InChI=1S/C47H88NO8P/c1-3-5-7-9-11-13-15-17-19-20-21-22-23-24-26-28-30-32-34-36-38-40-47(50)56-45(44-55-57(51,52)54-42-41-48)43-53-46(49)39-37-35-33-31-29-27-25-18-16-14-12-10-8-6-4-2/h12,14,17-19,25,45H,3-11,13,15-16,20-24,26-44,48H2,1-2H3,(H,51,52)/b14-12-,19-17-,25-18-/t45-/m1/s1. The molecule has 1 unspecified atom stereocenters. The summed E-state index contributed by atoms with van der Waals surface area (Å²) < 4.78 is 32.8. The number of carbonyl (C=O) groups is 2. The van der Waals surface area contributed by atoms with Crippen LogP contribution in [0, 0.1) is 0 Å². The highest BCUT2D eigenvalue weighted by Gasteiger charge is 2.26. The van der Waals surface area contributed by atoms with E-state index in [0.29, 0.717) is 12.8 Å². The number of esters is 2. The average Bonchev–Trinajstić information content (AvgIpc) is 3.20. The summed E-state index contributed by atoms with van der Waals surface area (Å²) in [5.74, 6) is -0.840. The van der Waals surface area contributed by atoms with Gasteiger partial charge in [0.15, 0.2) is 6.10 Å². The number of hydrogen-bond acceptors (Lipinski definition) is 8. The molecule has 0 aromatic rings. The van der Waals surface area contributed by atoms with Crippen LogP contribution in [0.4, 0.5) is 0 Å². The molecule has 0 aliphatic rings. The molecule has 0 amide bonds. The predicted molar refractivity (Wildman–Crippen MR) is 238 cm³/mol. The number of nitrogens with two attached hydrogens (primary N) is 1. The van der Waals surface area contributed by atoms with Crippen molar-refractivity contribution in [1.29, 1.82) is 0 Å². The van der Waals surface area contributed by atoms with Crippen molar-refractivity contribution in [3.8, 4) is 0 Å². The molecule has 0 saturated heterocycles. The lowest BCUT2D eigenvalue weighted by molar-refractivity contribution is -0.161. The molecule has 0 radical (unpaired) electrons. The lowest BCUT2D eigenvalue weighted by Crippen LogP contribution is -2.29. The Bertz CT molecular complexity index is 1030. The fourth-order valence-corrected chi connectivity index (χ4v) is 7.25. The number of hydrogen-bond donors (Lipinski definition) is 2. The predicted octanol–water partition coefficient (Wildman–Crippen LogP) is 13.7. The number of allylic oxidation sites excluding steroid dienone is 6. The van der Waals surface area contributed by atoms with Crippen LogP contribution in [-0.4, -0.2) is 49.3 Å². The minimum absolute atomic E-state index is 0.0514. The number of unbranched alkanes of at least 4 members (excludes halogenated alkanes) is 25. The van der Waals surface area contributed by atoms with E-state index in [1.54, 1.807) is 0 Å². The van der Waals surface area contributed by atoms with Gasteiger partial charge in [-0.25, -0.2) is 4.57 Å². The number of carbonyl (C=O) groups excluding carboxylic acids is 2. The van der Waals surface area contributed by atoms with E-state index in [9.17, 15) is 19.0 Å². The highest BCUT2D eigenvalue weighted by molar-refractivity contribution is 7.47. The molecule has 0 spiro atoms. The second-order valence-corrected chi connectivity index (χ2v) is 17.1. The van der Waals surface area contributed by atoms with Crippen LogP contribution >= 0.6 is 7.82 Å². The molecule has 0 saturated carbocycles. The van der Waals surface area contributed by atoms with Gasteiger partial charge in [0, 0.05) is 19.4 Å². The first kappa shape index (κ1) is 55.2. The molecule has 0 aromatic carbocycles. The van der Waals surface area contributed by atoms with Crippen molar-refractivity contribution in [1.82, 2.24) is 0 Å². The van der Waals surface area contributed by atoms with E-state index in [0.717, 1.165) is 57.8 Å². The molecule has 0 aromatic heterocycles. The van der Waals surface area contributed by atoms with E-state index in [1.165, 1.54) is 122 Å². The molecule has 3 N–H and O–H groups in total. The Hall–Kier alpha value is -1.77. The Morgan fingerprint density at radius 3 is 1.39 bits per heavy atom. The first-order chi connectivity index (χ1) is 27.8. The lowest BCUT2D eigenvalue weighted by atomic mass is 10.0. The summed E-state index contributed by atoms with van der Waals surface area (Å²) in [6.07, 6.45) is 48.9. The van der Waals surface area contributed by atoms with Gasteiger partial charge in [-0.2, -0.15) is 0 Å². The maximum Gasteiger partial charge on any atom is 0.472 e. The van der Waals surface area contributed by atoms with Crippen molar-refractivity contribution in [3.63, 3.8) is 0 Å². The quantitative estimate of drug-likeness (QED) is 0.0266. The third-order valence-electron chi connectivity index (χ3n) is 10.00. The van der Waals surface area contributed by atoms with E-state index in [4.69, 9.17) is 24.3 Å². The minimum Gasteiger partial charge on any atom is -0.462 e. The van der Waals surface area contributed by atoms with Gasteiger partial charge in [0.05, 0.1) is 13.2 Å². The molecule has 10 heteroatoms. The van der Waals surface area contributed by atoms with Crippen molar-refractivity contribution in [2.45, 2.75) is 225 Å². The number of rotatable bonds is 44. The van der Waals surface area contributed by atoms with E-state index in [1.807, 2.05) is 0 Å². The molecule has 0 rings (SSSR count). The van der Waals surface area contributed by atoms with Crippen LogP contribution < -0.4 is 5.73 Å². The summed E-state index contributed by atoms with van der Waals surface area (Å²) in [6, 6.07) is 0. The zero-order valence-corrected chi connectivity index (χ0v) is 37.7. The maximum atomic E-state index is 12.6. The SMILES string of the molecule is CCCCC/C=C\C/C=C\CCCCCCCC(=O)OC[C@H](COP(=O)(O)OCCN)OC(=O)CCCCCCCCCCCCC/C=C\CCCCCCCC. The van der Waals surface area contributed by atoms with Gasteiger partial charge in [0.2, 0.25) is 0 Å². The first-order valence-corrected chi connectivity index (χ1v) is 25.0. The Labute approximate surface area is 350 Å². The summed E-state index contributed by atoms with van der Waals surface area (Å²) in [4.78, 5) is 34.9. The highest BCUT2D eigenvalue weighted by atomic mass is 31.2. The van der Waals surface area contributed by atoms with E-state index < -0.39 is 32.5 Å². The van der Waals surface area contributed by atoms with Crippen molar-refractivity contribution < 1.29 is 37.6 Å². The lowest BCUT2D eigenvalue weighted by Gasteiger charge is -2.19. The van der Waals surface area contributed by atoms with Crippen molar-refractivity contribution in [3.05, 3.63) is 36.5 Å². The average molecular weight is 826 g/mol. The van der Waals surface area contributed by atoms with Gasteiger partial charge in [-0.05, 0) is 70.6 Å². The summed E-state index contributed by atoms with van der Waals surface area (Å²) in [7, 11) is -4.38. The molecule has 0 aliphatic heterocycles. The van der Waals surface area contributed by atoms with Crippen LogP contribution in [0.1, 0.15) is 219 Å². The van der Waals surface area contributed by atoms with Crippen molar-refractivity contribution in [2.24, 2.45) is 5.73 Å². The number of phosphoric acid groups is 1. The van der Waals surface area contributed by atoms with Gasteiger partial charge in [-0.1, -0.05) is 172 Å². The summed E-state index contributed by atoms with van der Waals surface area (Å²) >= 11 is 0. The van der Waals surface area contributed by atoms with Gasteiger partial charge >= 0.3 is 19.8 Å². The molecule has 334 valence electrons. The van der Waals surface area contributed by atoms with E-state index in [2.05, 4.69) is 50.3 Å². The monoisotopic (exact) mass is 826 g/mol. The summed E-state index contributed by atoms with van der Waals surface area (Å²) in [6.45, 7) is 3.70. The largest absolute Gasteiger partial charge is 0.472 e. The normalized spacial score (nSPS) is 13.5. The molecule has 0 heterocycles. The van der Waals surface area contributed by atoms with Crippen LogP contribution in [0.25, 0.3) is 0 Å². The molecule has 0 bridgehead atoms. The smallest absolute Gasteiger partial charge is 0.462 e. The zero-order valence-electron chi connectivity index (χ0n) is 36.8. The number of phosphoric ester groups is 1. The Balaban J connectivity index is 4.09. The molecule has 9 nitrogen and oxygen atoms in total. The summed E-state index contributed by atoms with van der Waals surface area (Å²) in [5, 5.41) is 0. The van der Waals surface area contributed by atoms with E-state index >= 15 is 0 Å². The molecule has 57 heavy (non-hydrogen) atoms. The van der Waals surface area contributed by atoms with E-state index in [-0.39, 0.29) is 32.6 Å². The van der Waals surface area contributed by atoms with Crippen molar-refractivity contribution >= 4 is 19.8 Å². The Kier molecular flexibility index (Phi) is 42.4. The van der Waals surface area contributed by atoms with Gasteiger partial charge < -0.3 is 20.1 Å². The topological polar surface area (TPSA) is 134 Å². The Morgan fingerprint density at radius 2 is 0.912 bits per heavy atom. The first-order valence-electron chi connectivity index (χ1n) is 23.5. The van der Waals surface area contributed by atoms with Gasteiger partial charge in [-0.15, -0.1) is 0 Å². The highest BCUT2D eigenvalue weighted by Crippen LogP contribution is 2.43. The number of ether oxygens (including phenoxy) is 2. The van der Waals surface area contributed by atoms with Crippen LogP contribution in [-0.2, 0) is 32.7 Å². The Morgan fingerprint density at radius 1 is 0.526 bits per heavy atom. The third kappa shape index (κ3) is 43.6. The van der Waals surface area contributed by atoms with Crippen molar-refractivity contribution in [2.75, 3.05) is 26.4 Å². The minimum atomic E-state index is -4.38. The fraction of sp³-hybridized carbons (Fsp3) is 0.830. The molecule has 0 fully saturated rings. The van der Waals surface area contributed by atoms with Crippen LogP contribution in [0.5, 0.6) is 0 Å². The van der Waals surface area contributed by atoms with Crippen LogP contribution in [0.2, 0.25) is 0 Å². The molecule has 0 aliphatic carbocycles.